The Morgan fingerprint density at radius 1 is 1.23 bits per heavy atom. The molecule has 1 aromatic carbocycles. The Hall–Kier alpha value is -1.61. The highest BCUT2D eigenvalue weighted by molar-refractivity contribution is 7.89. The van der Waals surface area contributed by atoms with Gasteiger partial charge in [0.1, 0.15) is 4.90 Å². The molecule has 0 spiro atoms. The minimum Gasteiger partial charge on any atom is -0.347 e. The fourth-order valence-electron chi connectivity index (χ4n) is 3.26. The van der Waals surface area contributed by atoms with E-state index in [1.807, 2.05) is 29.8 Å². The average Bonchev–Trinajstić information content (AvgIpc) is 2.87. The number of aromatic nitrogens is 1. The first kappa shape index (κ1) is 20.7. The molecule has 26 heavy (non-hydrogen) atoms. The van der Waals surface area contributed by atoms with Gasteiger partial charge < -0.3 is 14.8 Å². The zero-order chi connectivity index (χ0) is 18.2. The number of carbonyl (C=O) groups excluding carboxylic acids is 1. The Morgan fingerprint density at radius 3 is 2.50 bits per heavy atom. The number of rotatable bonds is 4. The molecule has 1 aliphatic heterocycles. The standard InChI is InChI=1S/C17H24N4O3S.ClH/c1-13-17(14-6-4-5-7-15(14)20(13)3)25(23,24)19(2)12-16(22)21-10-8-18-9-11-21;/h4-7,18H,8-12H2,1-3H3;1H. The quantitative estimate of drug-likeness (QED) is 0.829. The molecule has 0 radical (unpaired) electrons. The monoisotopic (exact) mass is 400 g/mol. The van der Waals surface area contributed by atoms with Gasteiger partial charge in [-0.3, -0.25) is 4.79 Å². The van der Waals surface area contributed by atoms with Crippen molar-refractivity contribution in [2.24, 2.45) is 7.05 Å². The van der Waals surface area contributed by atoms with Gasteiger partial charge >= 0.3 is 0 Å². The predicted molar refractivity (Wildman–Crippen MR) is 104 cm³/mol. The third-order valence-corrected chi connectivity index (χ3v) is 6.82. The van der Waals surface area contributed by atoms with Crippen LogP contribution in [-0.2, 0) is 21.9 Å². The Kier molecular flexibility index (Phi) is 6.33. The van der Waals surface area contributed by atoms with E-state index >= 15 is 0 Å². The van der Waals surface area contributed by atoms with Crippen molar-refractivity contribution in [3.63, 3.8) is 0 Å². The number of carbonyl (C=O) groups is 1. The van der Waals surface area contributed by atoms with E-state index in [2.05, 4.69) is 5.32 Å². The van der Waals surface area contributed by atoms with E-state index in [0.717, 1.165) is 22.9 Å². The van der Waals surface area contributed by atoms with Crippen molar-refractivity contribution in [2.45, 2.75) is 11.8 Å². The summed E-state index contributed by atoms with van der Waals surface area (Å²) < 4.78 is 29.3. The number of aryl methyl sites for hydroxylation is 1. The summed E-state index contributed by atoms with van der Waals surface area (Å²) in [5.74, 6) is -0.162. The Balaban J connectivity index is 0.00000243. The number of benzene rings is 1. The fraction of sp³-hybridized carbons (Fsp3) is 0.471. The molecule has 1 amide bonds. The summed E-state index contributed by atoms with van der Waals surface area (Å²) in [6.45, 7) is 4.35. The van der Waals surface area contributed by atoms with Crippen molar-refractivity contribution in [2.75, 3.05) is 39.8 Å². The summed E-state index contributed by atoms with van der Waals surface area (Å²) in [6, 6.07) is 7.41. The maximum absolute atomic E-state index is 13.1. The van der Waals surface area contributed by atoms with Gasteiger partial charge in [0.2, 0.25) is 15.9 Å². The Bertz CT molecular complexity index is 904. The molecule has 0 aliphatic carbocycles. The number of hydrogen-bond donors (Lipinski definition) is 1. The molecular weight excluding hydrogens is 376 g/mol. The molecule has 1 saturated heterocycles. The van der Waals surface area contributed by atoms with Gasteiger partial charge in [-0.1, -0.05) is 18.2 Å². The Morgan fingerprint density at radius 2 is 1.85 bits per heavy atom. The third kappa shape index (κ3) is 3.59. The predicted octanol–water partition coefficient (Wildman–Crippen LogP) is 0.961. The lowest BCUT2D eigenvalue weighted by atomic mass is 10.2. The van der Waals surface area contributed by atoms with Gasteiger partial charge in [-0.25, -0.2) is 8.42 Å². The molecule has 0 bridgehead atoms. The number of nitrogens with one attached hydrogen (secondary N) is 1. The first-order valence-corrected chi connectivity index (χ1v) is 9.77. The maximum Gasteiger partial charge on any atom is 0.245 e. The lowest BCUT2D eigenvalue weighted by Gasteiger charge is -2.29. The summed E-state index contributed by atoms with van der Waals surface area (Å²) in [5.41, 5.74) is 1.53. The first-order chi connectivity index (χ1) is 11.8. The van der Waals surface area contributed by atoms with E-state index in [4.69, 9.17) is 0 Å². The number of para-hydroxylation sites is 1. The van der Waals surface area contributed by atoms with Crippen LogP contribution in [0.4, 0.5) is 0 Å². The van der Waals surface area contributed by atoms with E-state index < -0.39 is 10.0 Å². The Labute approximate surface area is 160 Å². The lowest BCUT2D eigenvalue weighted by molar-refractivity contribution is -0.131. The zero-order valence-electron chi connectivity index (χ0n) is 15.2. The average molecular weight is 401 g/mol. The minimum absolute atomic E-state index is 0. The molecule has 2 heterocycles. The van der Waals surface area contributed by atoms with Crippen LogP contribution in [0.25, 0.3) is 10.9 Å². The number of piperazine rings is 1. The number of hydrogen-bond acceptors (Lipinski definition) is 4. The number of nitrogens with zero attached hydrogens (tertiary/aromatic N) is 3. The smallest absolute Gasteiger partial charge is 0.245 e. The van der Waals surface area contributed by atoms with Gasteiger partial charge in [0.15, 0.2) is 0 Å². The van der Waals surface area contributed by atoms with E-state index in [1.54, 1.807) is 17.9 Å². The second kappa shape index (κ2) is 7.96. The molecule has 1 aliphatic rings. The molecule has 3 rings (SSSR count). The lowest BCUT2D eigenvalue weighted by Crippen LogP contribution is -2.49. The van der Waals surface area contributed by atoms with E-state index in [-0.39, 0.29) is 29.8 Å². The topological polar surface area (TPSA) is 74.7 Å². The summed E-state index contributed by atoms with van der Waals surface area (Å²) in [7, 11) is -0.441. The van der Waals surface area contributed by atoms with Crippen LogP contribution < -0.4 is 5.32 Å². The van der Waals surface area contributed by atoms with Gasteiger partial charge in [0.25, 0.3) is 0 Å². The molecule has 2 aromatic rings. The number of halogens is 1. The van der Waals surface area contributed by atoms with Crippen LogP contribution in [0.3, 0.4) is 0 Å². The second-order valence-electron chi connectivity index (χ2n) is 6.38. The number of likely N-dealkylation sites (N-methyl/N-ethyl adjacent to an activating group) is 1. The minimum atomic E-state index is -3.76. The SMILES string of the molecule is Cc1c(S(=O)(=O)N(C)CC(=O)N2CCNCC2)c2ccccc2n1C.Cl. The zero-order valence-corrected chi connectivity index (χ0v) is 16.9. The van der Waals surface area contributed by atoms with Gasteiger partial charge in [0, 0.05) is 56.9 Å². The normalized spacial score (nSPS) is 15.3. The van der Waals surface area contributed by atoms with Gasteiger partial charge in [-0.2, -0.15) is 4.31 Å². The molecule has 1 aromatic heterocycles. The van der Waals surface area contributed by atoms with E-state index in [9.17, 15) is 13.2 Å². The van der Waals surface area contributed by atoms with Crippen molar-refractivity contribution >= 4 is 39.2 Å². The van der Waals surface area contributed by atoms with Crippen molar-refractivity contribution in [1.29, 1.82) is 0 Å². The number of sulfonamides is 1. The fourth-order valence-corrected chi connectivity index (χ4v) is 4.81. The van der Waals surface area contributed by atoms with Crippen LogP contribution >= 0.6 is 12.4 Å². The maximum atomic E-state index is 13.1. The molecule has 0 unspecified atom stereocenters. The highest BCUT2D eigenvalue weighted by Gasteiger charge is 2.30. The van der Waals surface area contributed by atoms with Crippen LogP contribution in [0.15, 0.2) is 29.2 Å². The van der Waals surface area contributed by atoms with Crippen LogP contribution in [0, 0.1) is 6.92 Å². The third-order valence-electron chi connectivity index (χ3n) is 4.84. The largest absolute Gasteiger partial charge is 0.347 e. The van der Waals surface area contributed by atoms with Crippen LogP contribution in [0.5, 0.6) is 0 Å². The second-order valence-corrected chi connectivity index (χ2v) is 8.36. The highest BCUT2D eigenvalue weighted by Crippen LogP contribution is 2.30. The molecule has 9 heteroatoms. The van der Waals surface area contributed by atoms with Crippen molar-refractivity contribution in [1.82, 2.24) is 19.1 Å². The summed E-state index contributed by atoms with van der Waals surface area (Å²) >= 11 is 0. The van der Waals surface area contributed by atoms with Crippen LogP contribution in [0.2, 0.25) is 0 Å². The van der Waals surface area contributed by atoms with E-state index in [1.165, 1.54) is 7.05 Å². The van der Waals surface area contributed by atoms with Crippen molar-refractivity contribution < 1.29 is 13.2 Å². The highest BCUT2D eigenvalue weighted by atomic mass is 35.5. The molecule has 7 nitrogen and oxygen atoms in total. The summed E-state index contributed by atoms with van der Waals surface area (Å²) in [6.07, 6.45) is 0. The van der Waals surface area contributed by atoms with Crippen LogP contribution in [0.1, 0.15) is 5.69 Å². The van der Waals surface area contributed by atoms with Gasteiger partial charge in [-0.15, -0.1) is 12.4 Å². The van der Waals surface area contributed by atoms with E-state index in [0.29, 0.717) is 24.2 Å². The first-order valence-electron chi connectivity index (χ1n) is 8.33. The number of fused-ring (bicyclic) bond motifs is 1. The summed E-state index contributed by atoms with van der Waals surface area (Å²) in [5, 5.41) is 3.87. The molecule has 1 N–H and O–H groups in total. The molecule has 0 saturated carbocycles. The molecular formula is C17H25ClN4O3S. The van der Waals surface area contributed by atoms with Crippen molar-refractivity contribution in [3.8, 4) is 0 Å². The van der Waals surface area contributed by atoms with Gasteiger partial charge in [-0.05, 0) is 13.0 Å². The number of amides is 1. The molecule has 0 atom stereocenters. The van der Waals surface area contributed by atoms with Gasteiger partial charge in [0.05, 0.1) is 6.54 Å². The van der Waals surface area contributed by atoms with Crippen LogP contribution in [-0.4, -0.2) is 67.9 Å². The summed E-state index contributed by atoms with van der Waals surface area (Å²) in [4.78, 5) is 14.4. The molecule has 1 fully saturated rings. The molecule has 144 valence electrons. The van der Waals surface area contributed by atoms with Crippen molar-refractivity contribution in [3.05, 3.63) is 30.0 Å².